The van der Waals surface area contributed by atoms with E-state index in [-0.39, 0.29) is 24.4 Å². The summed E-state index contributed by atoms with van der Waals surface area (Å²) in [6.07, 6.45) is 3.04. The van der Waals surface area contributed by atoms with Crippen LogP contribution >= 0.6 is 0 Å². The number of nitrogens with one attached hydrogen (secondary N) is 3. The Balaban J connectivity index is 1.58. The molecule has 3 N–H and O–H groups in total. The van der Waals surface area contributed by atoms with Crippen LogP contribution in [0, 0.1) is 0 Å². The number of amides is 2. The molecular formula is C15H19N3O2. The first-order valence-electron chi connectivity index (χ1n) is 7.12. The van der Waals surface area contributed by atoms with E-state index in [2.05, 4.69) is 22.0 Å². The van der Waals surface area contributed by atoms with E-state index in [0.29, 0.717) is 6.04 Å². The predicted molar refractivity (Wildman–Crippen MR) is 75.1 cm³/mol. The molecule has 1 aliphatic carbocycles. The minimum Gasteiger partial charge on any atom is -0.352 e. The smallest absolute Gasteiger partial charge is 0.242 e. The summed E-state index contributed by atoms with van der Waals surface area (Å²) < 4.78 is 0. The second kappa shape index (κ2) is 5.63. The zero-order valence-electron chi connectivity index (χ0n) is 11.3. The Bertz CT molecular complexity index is 526. The average molecular weight is 273 g/mol. The van der Waals surface area contributed by atoms with E-state index in [4.69, 9.17) is 0 Å². The van der Waals surface area contributed by atoms with Gasteiger partial charge in [0.25, 0.3) is 0 Å². The van der Waals surface area contributed by atoms with E-state index >= 15 is 0 Å². The Kier molecular flexibility index (Phi) is 3.69. The van der Waals surface area contributed by atoms with Crippen LogP contribution in [0.15, 0.2) is 24.3 Å². The number of fused-ring (bicyclic) bond motifs is 1. The molecule has 0 bridgehead atoms. The average Bonchev–Trinajstić information content (AvgIpc) is 3.28. The van der Waals surface area contributed by atoms with Crippen molar-refractivity contribution < 1.29 is 9.59 Å². The van der Waals surface area contributed by atoms with E-state index in [1.807, 2.05) is 18.2 Å². The van der Waals surface area contributed by atoms with Crippen LogP contribution in [0.5, 0.6) is 0 Å². The van der Waals surface area contributed by atoms with E-state index in [9.17, 15) is 9.59 Å². The molecular weight excluding hydrogens is 254 g/mol. The molecule has 5 nitrogen and oxygen atoms in total. The molecule has 0 radical (unpaired) electrons. The molecule has 2 amide bonds. The summed E-state index contributed by atoms with van der Waals surface area (Å²) in [7, 11) is 0. The third-order valence-corrected chi connectivity index (χ3v) is 3.74. The quantitative estimate of drug-likeness (QED) is 0.737. The maximum atomic E-state index is 12.2. The van der Waals surface area contributed by atoms with Gasteiger partial charge in [-0.05, 0) is 30.4 Å². The van der Waals surface area contributed by atoms with Crippen molar-refractivity contribution in [2.24, 2.45) is 0 Å². The topological polar surface area (TPSA) is 70.2 Å². The van der Waals surface area contributed by atoms with Crippen LogP contribution in [0.3, 0.4) is 0 Å². The van der Waals surface area contributed by atoms with Gasteiger partial charge in [0.15, 0.2) is 0 Å². The van der Waals surface area contributed by atoms with Crippen molar-refractivity contribution in [3.05, 3.63) is 35.4 Å². The molecule has 1 aliphatic heterocycles. The second-order valence-electron chi connectivity index (χ2n) is 5.40. The highest BCUT2D eigenvalue weighted by molar-refractivity contribution is 5.88. The second-order valence-corrected chi connectivity index (χ2v) is 5.40. The molecule has 3 rings (SSSR count). The molecule has 1 heterocycles. The van der Waals surface area contributed by atoms with Crippen LogP contribution in [0.1, 0.15) is 30.0 Å². The number of benzene rings is 1. The number of hydrogen-bond donors (Lipinski definition) is 3. The lowest BCUT2D eigenvalue weighted by Crippen LogP contribution is -2.45. The van der Waals surface area contributed by atoms with Crippen LogP contribution in [0.4, 0.5) is 0 Å². The summed E-state index contributed by atoms with van der Waals surface area (Å²) in [6.45, 7) is 0.832. The van der Waals surface area contributed by atoms with Crippen molar-refractivity contribution in [3.8, 4) is 0 Å². The normalized spacial score (nSPS) is 20.9. The summed E-state index contributed by atoms with van der Waals surface area (Å²) >= 11 is 0. The molecule has 1 atom stereocenters. The van der Waals surface area contributed by atoms with Crippen molar-refractivity contribution in [2.45, 2.75) is 31.3 Å². The fourth-order valence-electron chi connectivity index (χ4n) is 2.51. The van der Waals surface area contributed by atoms with Gasteiger partial charge in [-0.1, -0.05) is 24.3 Å². The van der Waals surface area contributed by atoms with Gasteiger partial charge < -0.3 is 16.0 Å². The lowest BCUT2D eigenvalue weighted by Gasteiger charge is -2.25. The minimum absolute atomic E-state index is 0.0513. The summed E-state index contributed by atoms with van der Waals surface area (Å²) in [5.41, 5.74) is 2.22. The minimum atomic E-state index is -0.353. The van der Waals surface area contributed by atoms with E-state index in [1.54, 1.807) is 0 Å². The molecule has 0 aromatic heterocycles. The lowest BCUT2D eigenvalue weighted by atomic mass is 9.94. The van der Waals surface area contributed by atoms with Crippen molar-refractivity contribution in [1.29, 1.82) is 0 Å². The van der Waals surface area contributed by atoms with Crippen molar-refractivity contribution in [1.82, 2.24) is 16.0 Å². The SMILES string of the molecule is O=C(CNC(=O)C1NCCc2ccccc21)NC1CC1. The fraction of sp³-hybridized carbons (Fsp3) is 0.467. The Morgan fingerprint density at radius 3 is 2.85 bits per heavy atom. The number of hydrogen-bond acceptors (Lipinski definition) is 3. The first kappa shape index (κ1) is 13.1. The highest BCUT2D eigenvalue weighted by Gasteiger charge is 2.27. The molecule has 1 aromatic rings. The highest BCUT2D eigenvalue weighted by Crippen LogP contribution is 2.22. The number of rotatable bonds is 4. The Morgan fingerprint density at radius 2 is 2.05 bits per heavy atom. The van der Waals surface area contributed by atoms with Crippen molar-refractivity contribution >= 4 is 11.8 Å². The third-order valence-electron chi connectivity index (χ3n) is 3.74. The molecule has 1 saturated carbocycles. The zero-order valence-corrected chi connectivity index (χ0v) is 11.3. The van der Waals surface area contributed by atoms with Crippen molar-refractivity contribution in [2.75, 3.05) is 13.1 Å². The number of carbonyl (C=O) groups excluding carboxylic acids is 2. The molecule has 1 aromatic carbocycles. The number of carbonyl (C=O) groups is 2. The summed E-state index contributed by atoms with van der Waals surface area (Å²) in [4.78, 5) is 23.8. The van der Waals surface area contributed by atoms with Gasteiger partial charge in [0, 0.05) is 12.6 Å². The zero-order chi connectivity index (χ0) is 13.9. The van der Waals surface area contributed by atoms with Gasteiger partial charge in [-0.2, -0.15) is 0 Å². The van der Waals surface area contributed by atoms with Crippen LogP contribution < -0.4 is 16.0 Å². The predicted octanol–water partition coefficient (Wildman–Crippen LogP) is 0.268. The molecule has 1 fully saturated rings. The summed E-state index contributed by atoms with van der Waals surface area (Å²) in [6, 6.07) is 7.92. The van der Waals surface area contributed by atoms with Gasteiger partial charge in [-0.3, -0.25) is 9.59 Å². The molecule has 1 unspecified atom stereocenters. The fourth-order valence-corrected chi connectivity index (χ4v) is 2.51. The Labute approximate surface area is 118 Å². The largest absolute Gasteiger partial charge is 0.352 e. The van der Waals surface area contributed by atoms with Gasteiger partial charge in [-0.15, -0.1) is 0 Å². The van der Waals surface area contributed by atoms with Crippen LogP contribution in [-0.4, -0.2) is 30.9 Å². The first-order valence-corrected chi connectivity index (χ1v) is 7.12. The Hall–Kier alpha value is -1.88. The van der Waals surface area contributed by atoms with Gasteiger partial charge in [0.2, 0.25) is 11.8 Å². The summed E-state index contributed by atoms with van der Waals surface area (Å²) in [5, 5.41) is 8.78. The van der Waals surface area contributed by atoms with E-state index in [1.165, 1.54) is 5.56 Å². The van der Waals surface area contributed by atoms with E-state index in [0.717, 1.165) is 31.4 Å². The third kappa shape index (κ3) is 2.99. The molecule has 20 heavy (non-hydrogen) atoms. The maximum Gasteiger partial charge on any atom is 0.242 e. The molecule has 2 aliphatic rings. The molecule has 0 spiro atoms. The summed E-state index contributed by atoms with van der Waals surface area (Å²) in [5.74, 6) is -0.243. The molecule has 106 valence electrons. The van der Waals surface area contributed by atoms with Crippen LogP contribution in [0.25, 0.3) is 0 Å². The van der Waals surface area contributed by atoms with Gasteiger partial charge >= 0.3 is 0 Å². The van der Waals surface area contributed by atoms with Crippen LogP contribution in [-0.2, 0) is 16.0 Å². The monoisotopic (exact) mass is 273 g/mol. The van der Waals surface area contributed by atoms with Gasteiger partial charge in [0.1, 0.15) is 6.04 Å². The lowest BCUT2D eigenvalue weighted by molar-refractivity contribution is -0.127. The standard InChI is InChI=1S/C15H19N3O2/c19-13(18-11-5-6-11)9-17-15(20)14-12-4-2-1-3-10(12)7-8-16-14/h1-4,11,14,16H,5-9H2,(H,17,20)(H,18,19). The van der Waals surface area contributed by atoms with E-state index < -0.39 is 0 Å². The maximum absolute atomic E-state index is 12.2. The van der Waals surface area contributed by atoms with Crippen LogP contribution in [0.2, 0.25) is 0 Å². The highest BCUT2D eigenvalue weighted by atomic mass is 16.2. The molecule has 5 heteroatoms. The first-order chi connectivity index (χ1) is 9.74. The van der Waals surface area contributed by atoms with Gasteiger partial charge in [0.05, 0.1) is 6.54 Å². The Morgan fingerprint density at radius 1 is 1.25 bits per heavy atom. The molecule has 0 saturated heterocycles. The van der Waals surface area contributed by atoms with Crippen molar-refractivity contribution in [3.63, 3.8) is 0 Å². The van der Waals surface area contributed by atoms with Gasteiger partial charge in [-0.25, -0.2) is 0 Å².